The lowest BCUT2D eigenvalue weighted by Gasteiger charge is -2.31. The molecule has 1 aliphatic rings. The minimum absolute atomic E-state index is 0.136. The van der Waals surface area contributed by atoms with Crippen LogP contribution in [0.2, 0.25) is 0 Å². The van der Waals surface area contributed by atoms with Crippen molar-refractivity contribution in [1.29, 1.82) is 0 Å². The summed E-state index contributed by atoms with van der Waals surface area (Å²) in [5.74, 6) is 1.25. The molecule has 0 heterocycles. The van der Waals surface area contributed by atoms with Gasteiger partial charge in [0.1, 0.15) is 0 Å². The smallest absolute Gasteiger partial charge is 0.0824 e. The van der Waals surface area contributed by atoms with E-state index in [0.717, 1.165) is 25.2 Å². The van der Waals surface area contributed by atoms with Crippen LogP contribution in [0, 0.1) is 12.8 Å². The van der Waals surface area contributed by atoms with Crippen molar-refractivity contribution < 1.29 is 4.74 Å². The minimum Gasteiger partial charge on any atom is -0.377 e. The Balaban J connectivity index is 1.75. The summed E-state index contributed by atoms with van der Waals surface area (Å²) >= 11 is 0. The second kappa shape index (κ2) is 11.7. The van der Waals surface area contributed by atoms with Gasteiger partial charge in [-0.3, -0.25) is 0 Å². The summed E-state index contributed by atoms with van der Waals surface area (Å²) in [4.78, 5) is 0. The van der Waals surface area contributed by atoms with Gasteiger partial charge in [-0.05, 0) is 78.3 Å². The van der Waals surface area contributed by atoms with Crippen molar-refractivity contribution in [2.24, 2.45) is 5.92 Å². The summed E-state index contributed by atoms with van der Waals surface area (Å²) in [7, 11) is 1.85. The Morgan fingerprint density at radius 3 is 2.06 bits per heavy atom. The maximum absolute atomic E-state index is 5.94. The Hall–Kier alpha value is -2.38. The van der Waals surface area contributed by atoms with E-state index in [4.69, 9.17) is 4.74 Å². The summed E-state index contributed by atoms with van der Waals surface area (Å²) in [6.45, 7) is 4.64. The first-order valence-electron chi connectivity index (χ1n) is 13.0. The topological polar surface area (TPSA) is 9.23 Å². The summed E-state index contributed by atoms with van der Waals surface area (Å²) in [5, 5.41) is 0. The van der Waals surface area contributed by atoms with Gasteiger partial charge in [-0.2, -0.15) is 0 Å². The molecule has 0 aromatic heterocycles. The number of methoxy groups -OCH3 is 1. The van der Waals surface area contributed by atoms with Crippen LogP contribution < -0.4 is 0 Å². The fourth-order valence-electron chi connectivity index (χ4n) is 6.01. The maximum atomic E-state index is 5.94. The Labute approximate surface area is 201 Å². The Morgan fingerprint density at radius 2 is 1.45 bits per heavy atom. The third-order valence-electron chi connectivity index (χ3n) is 7.65. The maximum Gasteiger partial charge on any atom is 0.0824 e. The van der Waals surface area contributed by atoms with Gasteiger partial charge in [-0.15, -0.1) is 0 Å². The predicted molar refractivity (Wildman–Crippen MR) is 140 cm³/mol. The molecule has 2 unspecified atom stereocenters. The normalized spacial score (nSPS) is 16.1. The average Bonchev–Trinajstić information content (AvgIpc) is 3.39. The van der Waals surface area contributed by atoms with Crippen molar-refractivity contribution in [2.45, 2.75) is 77.2 Å². The lowest BCUT2D eigenvalue weighted by Crippen LogP contribution is -2.17. The zero-order valence-electron chi connectivity index (χ0n) is 20.7. The number of rotatable bonds is 10. The van der Waals surface area contributed by atoms with Crippen molar-refractivity contribution >= 4 is 0 Å². The Morgan fingerprint density at radius 1 is 0.818 bits per heavy atom. The predicted octanol–water partition coefficient (Wildman–Crippen LogP) is 8.59. The molecule has 0 bridgehead atoms. The number of aryl methyl sites for hydroxylation is 2. The third kappa shape index (κ3) is 5.58. The molecule has 0 spiro atoms. The van der Waals surface area contributed by atoms with Crippen LogP contribution in [-0.4, -0.2) is 7.11 Å². The summed E-state index contributed by atoms with van der Waals surface area (Å²) in [6, 6.07) is 26.8. The minimum atomic E-state index is 0.136. The molecule has 4 rings (SSSR count). The molecule has 3 aromatic carbocycles. The molecule has 0 amide bonds. The molecular weight excluding hydrogens is 400 g/mol. The summed E-state index contributed by atoms with van der Waals surface area (Å²) < 4.78 is 5.94. The SMILES string of the molecule is CCCc1c(C)ccc(CCC(OC)c2ccccc2)c1C(c1ccccc1)C1CCCC1. The van der Waals surface area contributed by atoms with Crippen LogP contribution in [0.5, 0.6) is 0 Å². The average molecular weight is 441 g/mol. The van der Waals surface area contributed by atoms with Gasteiger partial charge in [0.15, 0.2) is 0 Å². The van der Waals surface area contributed by atoms with Gasteiger partial charge in [-0.25, -0.2) is 0 Å². The van der Waals surface area contributed by atoms with Crippen LogP contribution in [0.25, 0.3) is 0 Å². The first-order valence-corrected chi connectivity index (χ1v) is 13.0. The third-order valence-corrected chi connectivity index (χ3v) is 7.65. The van der Waals surface area contributed by atoms with E-state index in [1.54, 1.807) is 11.1 Å². The molecule has 174 valence electrons. The van der Waals surface area contributed by atoms with Crippen molar-refractivity contribution in [2.75, 3.05) is 7.11 Å². The standard InChI is InChI=1S/C32H40O/c1-4-13-29-24(2)20-21-28(22-23-30(33-3)25-14-7-5-8-15-25)32(29)31(27-18-11-12-19-27)26-16-9-6-10-17-26/h5-10,14-17,20-21,27,30-31H,4,11-13,18-19,22-23H2,1-3H3. The Kier molecular flexibility index (Phi) is 8.40. The van der Waals surface area contributed by atoms with E-state index in [0.29, 0.717) is 5.92 Å². The van der Waals surface area contributed by atoms with Crippen molar-refractivity contribution in [1.82, 2.24) is 0 Å². The van der Waals surface area contributed by atoms with Crippen LogP contribution in [0.4, 0.5) is 0 Å². The molecule has 1 heteroatoms. The molecule has 33 heavy (non-hydrogen) atoms. The lowest BCUT2D eigenvalue weighted by molar-refractivity contribution is 0.0958. The van der Waals surface area contributed by atoms with Crippen LogP contribution in [-0.2, 0) is 17.6 Å². The fraction of sp³-hybridized carbons (Fsp3) is 0.438. The molecule has 2 atom stereocenters. The monoisotopic (exact) mass is 440 g/mol. The van der Waals surface area contributed by atoms with Crippen LogP contribution in [0.1, 0.15) is 90.9 Å². The second-order valence-electron chi connectivity index (χ2n) is 9.79. The fourth-order valence-corrected chi connectivity index (χ4v) is 6.01. The molecule has 0 radical (unpaired) electrons. The molecular formula is C32H40O. The number of ether oxygens (including phenoxy) is 1. The number of hydrogen-bond donors (Lipinski definition) is 0. The van der Waals surface area contributed by atoms with E-state index in [-0.39, 0.29) is 6.10 Å². The van der Waals surface area contributed by atoms with E-state index < -0.39 is 0 Å². The highest BCUT2D eigenvalue weighted by atomic mass is 16.5. The van der Waals surface area contributed by atoms with E-state index in [1.165, 1.54) is 54.4 Å². The molecule has 0 N–H and O–H groups in total. The molecule has 0 saturated heterocycles. The van der Waals surface area contributed by atoms with Crippen LogP contribution in [0.3, 0.4) is 0 Å². The zero-order chi connectivity index (χ0) is 23.0. The van der Waals surface area contributed by atoms with Crippen molar-refractivity contribution in [3.8, 4) is 0 Å². The summed E-state index contributed by atoms with van der Waals surface area (Å²) in [5.41, 5.74) is 9.00. The highest BCUT2D eigenvalue weighted by Gasteiger charge is 2.31. The number of benzene rings is 3. The van der Waals surface area contributed by atoms with Gasteiger partial charge < -0.3 is 4.74 Å². The van der Waals surface area contributed by atoms with E-state index in [2.05, 4.69) is 86.6 Å². The van der Waals surface area contributed by atoms with Gasteiger partial charge in [-0.1, -0.05) is 99.0 Å². The Bertz CT molecular complexity index is 986. The van der Waals surface area contributed by atoms with Crippen molar-refractivity contribution in [3.05, 3.63) is 106 Å². The first kappa shape index (κ1) is 23.8. The number of hydrogen-bond acceptors (Lipinski definition) is 1. The van der Waals surface area contributed by atoms with Gasteiger partial charge in [0, 0.05) is 13.0 Å². The van der Waals surface area contributed by atoms with Crippen molar-refractivity contribution in [3.63, 3.8) is 0 Å². The molecule has 1 aliphatic carbocycles. The van der Waals surface area contributed by atoms with Crippen LogP contribution in [0.15, 0.2) is 72.8 Å². The van der Waals surface area contributed by atoms with E-state index in [1.807, 2.05) is 7.11 Å². The zero-order valence-corrected chi connectivity index (χ0v) is 20.7. The molecule has 1 saturated carbocycles. The molecule has 1 fully saturated rings. The largest absolute Gasteiger partial charge is 0.377 e. The van der Waals surface area contributed by atoms with Gasteiger partial charge in [0.05, 0.1) is 6.10 Å². The van der Waals surface area contributed by atoms with E-state index >= 15 is 0 Å². The lowest BCUT2D eigenvalue weighted by atomic mass is 9.74. The molecule has 1 nitrogen and oxygen atoms in total. The highest BCUT2D eigenvalue weighted by Crippen LogP contribution is 2.45. The summed E-state index contributed by atoms with van der Waals surface area (Å²) in [6.07, 6.45) is 10.00. The highest BCUT2D eigenvalue weighted by molar-refractivity contribution is 5.48. The van der Waals surface area contributed by atoms with E-state index in [9.17, 15) is 0 Å². The van der Waals surface area contributed by atoms with Gasteiger partial charge in [0.25, 0.3) is 0 Å². The van der Waals surface area contributed by atoms with Gasteiger partial charge in [0.2, 0.25) is 0 Å². The molecule has 0 aliphatic heterocycles. The van der Waals surface area contributed by atoms with Crippen LogP contribution >= 0.6 is 0 Å². The quantitative estimate of drug-likeness (QED) is 0.307. The molecule has 3 aromatic rings. The van der Waals surface area contributed by atoms with Gasteiger partial charge >= 0.3 is 0 Å². The second-order valence-corrected chi connectivity index (χ2v) is 9.79. The first-order chi connectivity index (χ1) is 16.2.